The Morgan fingerprint density at radius 1 is 1.38 bits per heavy atom. The molecule has 1 aromatic heterocycles. The van der Waals surface area contributed by atoms with Crippen LogP contribution in [0, 0.1) is 0 Å². The lowest BCUT2D eigenvalue weighted by atomic mass is 10.4. The molecule has 0 saturated heterocycles. The van der Waals surface area contributed by atoms with E-state index in [2.05, 4.69) is 21.2 Å². The van der Waals surface area contributed by atoms with Gasteiger partial charge in [-0.25, -0.2) is 0 Å². The van der Waals surface area contributed by atoms with Gasteiger partial charge in [-0.05, 0) is 23.0 Å². The predicted octanol–water partition coefficient (Wildman–Crippen LogP) is 2.00. The van der Waals surface area contributed by atoms with Crippen molar-refractivity contribution in [2.75, 3.05) is 20.3 Å². The number of hydrogen-bond acceptors (Lipinski definition) is 4. The van der Waals surface area contributed by atoms with Crippen LogP contribution in [-0.4, -0.2) is 20.3 Å². The highest BCUT2D eigenvalue weighted by molar-refractivity contribution is 9.11. The van der Waals surface area contributed by atoms with Gasteiger partial charge in [0.15, 0.2) is 11.5 Å². The molecule has 0 spiro atoms. The van der Waals surface area contributed by atoms with Gasteiger partial charge in [0.2, 0.25) is 0 Å². The van der Waals surface area contributed by atoms with Gasteiger partial charge in [-0.3, -0.25) is 0 Å². The molecule has 0 atom stereocenters. The van der Waals surface area contributed by atoms with Gasteiger partial charge in [0.25, 0.3) is 0 Å². The lowest BCUT2D eigenvalue weighted by Gasteiger charge is -2.16. The molecule has 2 rings (SSSR count). The number of nitrogens with one attached hydrogen (secondary N) is 1. The SMILES string of the molecule is CNCc1sc(Br)c2c1OCCO2. The minimum Gasteiger partial charge on any atom is -0.485 e. The number of halogens is 1. The van der Waals surface area contributed by atoms with Crippen LogP contribution in [0.5, 0.6) is 11.5 Å². The number of fused-ring (bicyclic) bond motifs is 1. The molecule has 1 aromatic rings. The minimum atomic E-state index is 0.640. The van der Waals surface area contributed by atoms with Crippen molar-refractivity contribution in [3.8, 4) is 11.5 Å². The Balaban J connectivity index is 2.36. The van der Waals surface area contributed by atoms with Gasteiger partial charge >= 0.3 is 0 Å². The number of hydrogen-bond donors (Lipinski definition) is 1. The van der Waals surface area contributed by atoms with E-state index < -0.39 is 0 Å². The molecular weight excluding hydrogens is 254 g/mol. The van der Waals surface area contributed by atoms with Crippen molar-refractivity contribution in [1.82, 2.24) is 5.32 Å². The lowest BCUT2D eigenvalue weighted by molar-refractivity contribution is 0.171. The molecule has 0 unspecified atom stereocenters. The van der Waals surface area contributed by atoms with Crippen LogP contribution in [0.2, 0.25) is 0 Å². The molecule has 2 heterocycles. The number of thiophene rings is 1. The van der Waals surface area contributed by atoms with Gasteiger partial charge in [-0.2, -0.15) is 0 Å². The number of rotatable bonds is 2. The van der Waals surface area contributed by atoms with Gasteiger partial charge in [-0.15, -0.1) is 11.3 Å². The fraction of sp³-hybridized carbons (Fsp3) is 0.500. The van der Waals surface area contributed by atoms with Crippen molar-refractivity contribution >= 4 is 27.3 Å². The maximum Gasteiger partial charge on any atom is 0.186 e. The van der Waals surface area contributed by atoms with Crippen LogP contribution in [0.15, 0.2) is 3.79 Å². The summed E-state index contributed by atoms with van der Waals surface area (Å²) in [5.41, 5.74) is 0. The Labute approximate surface area is 89.2 Å². The first kappa shape index (κ1) is 9.30. The largest absolute Gasteiger partial charge is 0.485 e. The van der Waals surface area contributed by atoms with Crippen LogP contribution in [0.3, 0.4) is 0 Å². The van der Waals surface area contributed by atoms with Gasteiger partial charge in [0.05, 0.1) is 4.88 Å². The summed E-state index contributed by atoms with van der Waals surface area (Å²) in [5, 5.41) is 3.10. The minimum absolute atomic E-state index is 0.640. The highest BCUT2D eigenvalue weighted by atomic mass is 79.9. The fourth-order valence-corrected chi connectivity index (χ4v) is 3.05. The predicted molar refractivity (Wildman–Crippen MR) is 55.8 cm³/mol. The summed E-state index contributed by atoms with van der Waals surface area (Å²) in [4.78, 5) is 1.18. The molecule has 72 valence electrons. The van der Waals surface area contributed by atoms with E-state index >= 15 is 0 Å². The Morgan fingerprint density at radius 3 is 2.77 bits per heavy atom. The molecule has 0 amide bonds. The third kappa shape index (κ3) is 1.68. The van der Waals surface area contributed by atoms with Crippen molar-refractivity contribution in [3.05, 3.63) is 8.66 Å². The van der Waals surface area contributed by atoms with E-state index in [1.165, 1.54) is 4.88 Å². The Kier molecular flexibility index (Phi) is 2.76. The zero-order valence-corrected chi connectivity index (χ0v) is 9.63. The Morgan fingerprint density at radius 2 is 2.08 bits per heavy atom. The summed E-state index contributed by atoms with van der Waals surface area (Å²) in [7, 11) is 1.92. The fourth-order valence-electron chi connectivity index (χ4n) is 1.25. The lowest BCUT2D eigenvalue weighted by Crippen LogP contribution is -2.16. The number of ether oxygens (including phenoxy) is 2. The van der Waals surface area contributed by atoms with Gasteiger partial charge in [0.1, 0.15) is 17.0 Å². The van der Waals surface area contributed by atoms with E-state index in [9.17, 15) is 0 Å². The molecule has 0 aromatic carbocycles. The Hall–Kier alpha value is -0.260. The molecule has 0 radical (unpaired) electrons. The molecule has 3 nitrogen and oxygen atoms in total. The van der Waals surface area contributed by atoms with E-state index in [4.69, 9.17) is 9.47 Å². The van der Waals surface area contributed by atoms with Crippen molar-refractivity contribution < 1.29 is 9.47 Å². The van der Waals surface area contributed by atoms with Crippen LogP contribution >= 0.6 is 27.3 Å². The molecule has 1 aliphatic rings. The standard InChI is InChI=1S/C8H10BrNO2S/c1-10-4-5-6-7(8(9)13-5)12-3-2-11-6/h10H,2-4H2,1H3. The summed E-state index contributed by atoms with van der Waals surface area (Å²) in [5.74, 6) is 1.76. The molecule has 13 heavy (non-hydrogen) atoms. The smallest absolute Gasteiger partial charge is 0.186 e. The van der Waals surface area contributed by atoms with Gasteiger partial charge in [0, 0.05) is 6.54 Å². The summed E-state index contributed by atoms with van der Waals surface area (Å²) in [6.45, 7) is 2.11. The monoisotopic (exact) mass is 263 g/mol. The third-order valence-corrected chi connectivity index (χ3v) is 3.55. The van der Waals surface area contributed by atoms with Crippen LogP contribution in [-0.2, 0) is 6.54 Å². The van der Waals surface area contributed by atoms with E-state index in [0.717, 1.165) is 21.8 Å². The summed E-state index contributed by atoms with van der Waals surface area (Å²) in [6, 6.07) is 0. The van der Waals surface area contributed by atoms with Crippen molar-refractivity contribution in [2.45, 2.75) is 6.54 Å². The second kappa shape index (κ2) is 3.86. The normalized spacial score (nSPS) is 14.6. The van der Waals surface area contributed by atoms with Crippen LogP contribution < -0.4 is 14.8 Å². The molecular formula is C8H10BrNO2S. The second-order valence-corrected chi connectivity index (χ2v) is 5.11. The van der Waals surface area contributed by atoms with Crippen molar-refractivity contribution in [1.29, 1.82) is 0 Å². The molecule has 1 aliphatic heterocycles. The molecule has 0 aliphatic carbocycles. The van der Waals surface area contributed by atoms with Gasteiger partial charge < -0.3 is 14.8 Å². The van der Waals surface area contributed by atoms with E-state index in [1.807, 2.05) is 7.05 Å². The molecule has 0 fully saturated rings. The molecule has 0 saturated carbocycles. The van der Waals surface area contributed by atoms with Crippen LogP contribution in [0.25, 0.3) is 0 Å². The van der Waals surface area contributed by atoms with Gasteiger partial charge in [-0.1, -0.05) is 0 Å². The maximum atomic E-state index is 5.54. The van der Waals surface area contributed by atoms with Crippen LogP contribution in [0.4, 0.5) is 0 Å². The first-order valence-corrected chi connectivity index (χ1v) is 5.65. The first-order valence-electron chi connectivity index (χ1n) is 4.04. The zero-order chi connectivity index (χ0) is 9.26. The summed E-state index contributed by atoms with van der Waals surface area (Å²) >= 11 is 5.12. The zero-order valence-electron chi connectivity index (χ0n) is 7.22. The average Bonchev–Trinajstić information content (AvgIpc) is 2.46. The molecule has 1 N–H and O–H groups in total. The molecule has 0 bridgehead atoms. The second-order valence-electron chi connectivity index (χ2n) is 2.68. The topological polar surface area (TPSA) is 30.5 Å². The summed E-state index contributed by atoms with van der Waals surface area (Å²) in [6.07, 6.45) is 0. The third-order valence-electron chi connectivity index (χ3n) is 1.76. The first-order chi connectivity index (χ1) is 6.33. The van der Waals surface area contributed by atoms with Crippen LogP contribution in [0.1, 0.15) is 4.88 Å². The van der Waals surface area contributed by atoms with Crippen molar-refractivity contribution in [2.24, 2.45) is 0 Å². The van der Waals surface area contributed by atoms with Crippen molar-refractivity contribution in [3.63, 3.8) is 0 Å². The highest BCUT2D eigenvalue weighted by Crippen LogP contribution is 2.46. The van der Waals surface area contributed by atoms with E-state index in [-0.39, 0.29) is 0 Å². The summed E-state index contributed by atoms with van der Waals surface area (Å²) < 4.78 is 12.1. The van der Waals surface area contributed by atoms with E-state index in [0.29, 0.717) is 13.2 Å². The maximum absolute atomic E-state index is 5.54. The highest BCUT2D eigenvalue weighted by Gasteiger charge is 2.22. The Bertz CT molecular complexity index is 313. The van der Waals surface area contributed by atoms with E-state index in [1.54, 1.807) is 11.3 Å². The quantitative estimate of drug-likeness (QED) is 0.886. The molecule has 5 heteroatoms. The average molecular weight is 264 g/mol.